The van der Waals surface area contributed by atoms with Crippen molar-refractivity contribution in [2.45, 2.75) is 44.2 Å². The first-order valence-electron chi connectivity index (χ1n) is 9.70. The third kappa shape index (κ3) is 3.55. The second-order valence-electron chi connectivity index (χ2n) is 7.72. The summed E-state index contributed by atoms with van der Waals surface area (Å²) in [4.78, 5) is 13.9. The number of ether oxygens (including phenoxy) is 5. The average molecular weight is 445 g/mol. The summed E-state index contributed by atoms with van der Waals surface area (Å²) in [5.74, 6) is 1.06. The molecule has 2 aliphatic carbocycles. The van der Waals surface area contributed by atoms with Crippen LogP contribution in [0.15, 0.2) is 24.3 Å². The van der Waals surface area contributed by atoms with Gasteiger partial charge in [0.05, 0.1) is 5.56 Å². The lowest BCUT2D eigenvalue weighted by Gasteiger charge is -2.14. The zero-order chi connectivity index (χ0) is 21.6. The molecule has 2 heterocycles. The number of hydrogen-bond acceptors (Lipinski definition) is 6. The van der Waals surface area contributed by atoms with Crippen LogP contribution in [0, 0.1) is 18.2 Å². The van der Waals surface area contributed by atoms with Gasteiger partial charge in [-0.05, 0) is 25.0 Å². The fourth-order valence-corrected chi connectivity index (χ4v) is 3.76. The fraction of sp³-hybridized carbons (Fsp3) is 0.391. The second-order valence-corrected chi connectivity index (χ2v) is 7.72. The molecule has 0 saturated heterocycles. The number of benzene rings is 2. The standard InChI is InChI=1S/C11H8FNO2.C11H9FO4.CH4/c1-13-11(2-3-11)7-4-9-10(5-8(7)12)15-6-14-9;12-8-4-10-9(14-6-15-10)3-7(8)11(1-2-11)16-5-13;/h4-5H,2-3,6H2;3-5H,1-2,6H2;1H4. The number of hydrogen-bond donors (Lipinski definition) is 0. The first-order chi connectivity index (χ1) is 15.0. The smallest absolute Gasteiger partial charge is 0.293 e. The van der Waals surface area contributed by atoms with Gasteiger partial charge in [0.15, 0.2) is 23.0 Å². The summed E-state index contributed by atoms with van der Waals surface area (Å²) in [7, 11) is 0. The summed E-state index contributed by atoms with van der Waals surface area (Å²) < 4.78 is 52.9. The summed E-state index contributed by atoms with van der Waals surface area (Å²) in [6.45, 7) is 7.67. The Bertz CT molecular complexity index is 1100. The minimum atomic E-state index is -0.785. The molecule has 2 aliphatic heterocycles. The van der Waals surface area contributed by atoms with Crippen LogP contribution >= 0.6 is 0 Å². The highest BCUT2D eigenvalue weighted by Gasteiger charge is 2.55. The largest absolute Gasteiger partial charge is 0.456 e. The van der Waals surface area contributed by atoms with E-state index in [0.29, 0.717) is 53.4 Å². The van der Waals surface area contributed by atoms with Crippen LogP contribution in [0.25, 0.3) is 4.85 Å². The van der Waals surface area contributed by atoms with E-state index in [0.717, 1.165) is 12.8 Å². The predicted molar refractivity (Wildman–Crippen MR) is 107 cm³/mol. The van der Waals surface area contributed by atoms with Crippen LogP contribution in [0.1, 0.15) is 44.2 Å². The third-order valence-electron chi connectivity index (χ3n) is 5.83. The van der Waals surface area contributed by atoms with Gasteiger partial charge in [0.2, 0.25) is 13.6 Å². The quantitative estimate of drug-likeness (QED) is 0.497. The van der Waals surface area contributed by atoms with Gasteiger partial charge in [-0.1, -0.05) is 7.43 Å². The van der Waals surface area contributed by atoms with Crippen molar-refractivity contribution in [3.05, 3.63) is 58.4 Å². The Hall–Kier alpha value is -3.54. The van der Waals surface area contributed by atoms with Crippen molar-refractivity contribution in [3.8, 4) is 23.0 Å². The monoisotopic (exact) mass is 445 g/mol. The van der Waals surface area contributed by atoms with E-state index >= 15 is 0 Å². The van der Waals surface area contributed by atoms with Gasteiger partial charge in [0.25, 0.3) is 12.0 Å². The van der Waals surface area contributed by atoms with Crippen molar-refractivity contribution < 1.29 is 37.3 Å². The highest BCUT2D eigenvalue weighted by Crippen LogP contribution is 2.53. The van der Waals surface area contributed by atoms with Crippen LogP contribution in [0.5, 0.6) is 23.0 Å². The molecule has 0 atom stereocenters. The molecule has 32 heavy (non-hydrogen) atoms. The van der Waals surface area contributed by atoms with Crippen LogP contribution < -0.4 is 18.9 Å². The van der Waals surface area contributed by atoms with Crippen LogP contribution in [-0.4, -0.2) is 20.1 Å². The average Bonchev–Trinajstić information content (AvgIpc) is 3.63. The molecule has 168 valence electrons. The molecule has 7 nitrogen and oxygen atoms in total. The normalized spacial score (nSPS) is 18.9. The number of rotatable bonds is 4. The van der Waals surface area contributed by atoms with Crippen molar-refractivity contribution in [2.24, 2.45) is 0 Å². The van der Waals surface area contributed by atoms with Gasteiger partial charge < -0.3 is 28.5 Å². The molecule has 0 bridgehead atoms. The second kappa shape index (κ2) is 7.86. The number of nitrogens with zero attached hydrogens (tertiary/aromatic N) is 1. The van der Waals surface area contributed by atoms with E-state index in [2.05, 4.69) is 4.85 Å². The Labute approximate surface area is 183 Å². The number of halogens is 2. The first kappa shape index (κ1) is 21.7. The number of carbonyl (C=O) groups is 1. The number of carbonyl (C=O) groups excluding carboxylic acids is 1. The molecule has 0 radical (unpaired) electrons. The van der Waals surface area contributed by atoms with Gasteiger partial charge in [-0.15, -0.1) is 0 Å². The molecular weight excluding hydrogens is 424 g/mol. The maximum Gasteiger partial charge on any atom is 0.293 e. The summed E-state index contributed by atoms with van der Waals surface area (Å²) >= 11 is 0. The minimum absolute atomic E-state index is 0. The van der Waals surface area contributed by atoms with Crippen LogP contribution in [-0.2, 0) is 20.7 Å². The van der Waals surface area contributed by atoms with E-state index in [1.54, 1.807) is 12.1 Å². The van der Waals surface area contributed by atoms with Gasteiger partial charge in [0.1, 0.15) is 17.2 Å². The van der Waals surface area contributed by atoms with E-state index < -0.39 is 17.0 Å². The molecule has 0 amide bonds. The van der Waals surface area contributed by atoms with Crippen LogP contribution in [0.4, 0.5) is 8.78 Å². The van der Waals surface area contributed by atoms with Gasteiger partial charge in [0, 0.05) is 30.5 Å². The van der Waals surface area contributed by atoms with E-state index in [1.165, 1.54) is 12.1 Å². The highest BCUT2D eigenvalue weighted by atomic mass is 19.1. The van der Waals surface area contributed by atoms with Gasteiger partial charge in [-0.25, -0.2) is 15.4 Å². The molecule has 4 aliphatic rings. The zero-order valence-corrected chi connectivity index (χ0v) is 16.3. The Morgan fingerprint density at radius 3 is 1.75 bits per heavy atom. The Morgan fingerprint density at radius 2 is 1.31 bits per heavy atom. The molecule has 0 N–H and O–H groups in total. The fourth-order valence-electron chi connectivity index (χ4n) is 3.76. The topological polar surface area (TPSA) is 67.6 Å². The molecule has 2 aromatic carbocycles. The molecule has 0 spiro atoms. The minimum Gasteiger partial charge on any atom is -0.456 e. The SMILES string of the molecule is C.O=COC1(c2cc3c(cc2F)OCO3)CC1.[C-]#[N+]C1(c2cc3c(cc2F)OCO3)CC1. The Balaban J connectivity index is 0.000000149. The molecule has 6 rings (SSSR count). The van der Waals surface area contributed by atoms with Crippen molar-refractivity contribution in [3.63, 3.8) is 0 Å². The predicted octanol–water partition coefficient (Wildman–Crippen LogP) is 4.82. The molecule has 0 unspecified atom stereocenters. The summed E-state index contributed by atoms with van der Waals surface area (Å²) in [5.41, 5.74) is -0.608. The first-order valence-corrected chi connectivity index (χ1v) is 9.70. The maximum absolute atomic E-state index is 13.8. The highest BCUT2D eigenvalue weighted by molar-refractivity contribution is 5.51. The van der Waals surface area contributed by atoms with E-state index in [-0.39, 0.29) is 26.8 Å². The van der Waals surface area contributed by atoms with Crippen LogP contribution in [0.3, 0.4) is 0 Å². The molecule has 2 aromatic rings. The van der Waals surface area contributed by atoms with Crippen molar-refractivity contribution in [1.82, 2.24) is 0 Å². The Morgan fingerprint density at radius 1 is 0.844 bits per heavy atom. The lowest BCUT2D eigenvalue weighted by atomic mass is 10.0. The van der Waals surface area contributed by atoms with Gasteiger partial charge in [-0.2, -0.15) is 0 Å². The third-order valence-corrected chi connectivity index (χ3v) is 5.83. The maximum atomic E-state index is 13.8. The molecule has 2 saturated carbocycles. The lowest BCUT2D eigenvalue weighted by Crippen LogP contribution is -2.12. The molecule has 2 fully saturated rings. The summed E-state index contributed by atoms with van der Waals surface area (Å²) in [5, 5.41) is 0. The van der Waals surface area contributed by atoms with Crippen molar-refractivity contribution >= 4 is 6.47 Å². The van der Waals surface area contributed by atoms with Crippen molar-refractivity contribution in [1.29, 1.82) is 0 Å². The zero-order valence-electron chi connectivity index (χ0n) is 16.3. The molecule has 9 heteroatoms. The summed E-state index contributed by atoms with van der Waals surface area (Å²) in [6, 6.07) is 5.73. The summed E-state index contributed by atoms with van der Waals surface area (Å²) in [6.07, 6.45) is 2.74. The van der Waals surface area contributed by atoms with E-state index in [9.17, 15) is 13.6 Å². The van der Waals surface area contributed by atoms with E-state index in [1.807, 2.05) is 0 Å². The lowest BCUT2D eigenvalue weighted by molar-refractivity contribution is -0.136. The molecule has 0 aromatic heterocycles. The van der Waals surface area contributed by atoms with Crippen LogP contribution in [0.2, 0.25) is 0 Å². The van der Waals surface area contributed by atoms with Gasteiger partial charge in [-0.3, -0.25) is 4.79 Å². The molecular formula is C23H21F2NO6. The number of fused-ring (bicyclic) bond motifs is 2. The van der Waals surface area contributed by atoms with Crippen molar-refractivity contribution in [2.75, 3.05) is 13.6 Å². The Kier molecular flexibility index (Phi) is 5.33. The van der Waals surface area contributed by atoms with E-state index in [4.69, 9.17) is 30.3 Å². The van der Waals surface area contributed by atoms with Gasteiger partial charge >= 0.3 is 0 Å².